The number of aryl methyl sites for hydroxylation is 1. The first-order chi connectivity index (χ1) is 28.6. The summed E-state index contributed by atoms with van der Waals surface area (Å²) in [6.07, 6.45) is 2.83. The van der Waals surface area contributed by atoms with Crippen LogP contribution in [0.15, 0.2) is 116 Å². The van der Waals surface area contributed by atoms with E-state index in [-0.39, 0.29) is 68.4 Å². The lowest BCUT2D eigenvalue weighted by atomic mass is 9.98. The van der Waals surface area contributed by atoms with Crippen molar-refractivity contribution in [2.45, 2.75) is 31.7 Å². The number of amides is 5. The summed E-state index contributed by atoms with van der Waals surface area (Å²) in [4.78, 5) is 64.4. The highest BCUT2D eigenvalue weighted by Crippen LogP contribution is 2.32. The summed E-state index contributed by atoms with van der Waals surface area (Å²) in [6, 6.07) is 27.6. The Balaban J connectivity index is 1.09. The lowest BCUT2D eigenvalue weighted by Gasteiger charge is -2.55. The van der Waals surface area contributed by atoms with E-state index in [0.29, 0.717) is 31.7 Å². The first kappa shape index (κ1) is 39.0. The van der Waals surface area contributed by atoms with Crippen LogP contribution in [0.1, 0.15) is 27.0 Å². The van der Waals surface area contributed by atoms with Crippen molar-refractivity contribution >= 4 is 40.3 Å². The smallest absolute Gasteiger partial charge is 0.334 e. The maximum absolute atomic E-state index is 14.7. The van der Waals surface area contributed by atoms with E-state index in [2.05, 4.69) is 16.8 Å². The first-order valence-corrected chi connectivity index (χ1v) is 19.8. The topological polar surface area (TPSA) is 145 Å². The largest absolute Gasteiger partial charge is 0.508 e. The van der Waals surface area contributed by atoms with Crippen LogP contribution in [0.2, 0.25) is 0 Å². The molecule has 0 aliphatic carbocycles. The number of aromatic hydroxyl groups is 2. The van der Waals surface area contributed by atoms with Crippen molar-refractivity contribution in [1.82, 2.24) is 34.6 Å². The van der Waals surface area contributed by atoms with Gasteiger partial charge in [-0.25, -0.2) is 14.8 Å². The number of hydrazine groups is 1. The van der Waals surface area contributed by atoms with E-state index in [9.17, 15) is 29.4 Å². The number of phenolic OH excluding ortho intramolecular Hbond substituents is 2. The van der Waals surface area contributed by atoms with E-state index in [0.717, 1.165) is 33.3 Å². The molecule has 8 rings (SSSR count). The van der Waals surface area contributed by atoms with Crippen molar-refractivity contribution < 1.29 is 29.4 Å². The number of hydrogen-bond donors (Lipinski definition) is 3. The molecule has 2 atom stereocenters. The lowest BCUT2D eigenvalue weighted by molar-refractivity contribution is -0.189. The van der Waals surface area contributed by atoms with Crippen LogP contribution in [0.4, 0.5) is 10.5 Å². The highest BCUT2D eigenvalue weighted by atomic mass is 16.3. The fourth-order valence-electron chi connectivity index (χ4n) is 8.61. The van der Waals surface area contributed by atoms with Gasteiger partial charge in [-0.3, -0.25) is 14.4 Å². The maximum atomic E-state index is 14.7. The predicted octanol–water partition coefficient (Wildman–Crippen LogP) is 4.29. The Morgan fingerprint density at radius 3 is 2.24 bits per heavy atom. The van der Waals surface area contributed by atoms with Crippen LogP contribution in [-0.4, -0.2) is 121 Å². The summed E-state index contributed by atoms with van der Waals surface area (Å²) < 4.78 is 1.93. The zero-order chi connectivity index (χ0) is 41.2. The normalized spacial score (nSPS) is 18.6. The average molecular weight is 797 g/mol. The molecule has 59 heavy (non-hydrogen) atoms. The monoisotopic (exact) mass is 796 g/mol. The van der Waals surface area contributed by atoms with E-state index in [4.69, 9.17) is 0 Å². The molecule has 4 heterocycles. The lowest BCUT2D eigenvalue weighted by Crippen LogP contribution is -2.76. The molecule has 5 aromatic rings. The van der Waals surface area contributed by atoms with E-state index in [1.54, 1.807) is 62.3 Å². The maximum Gasteiger partial charge on any atom is 0.334 e. The summed E-state index contributed by atoms with van der Waals surface area (Å²) in [7, 11) is 1.89. The number of aromatic nitrogens is 1. The van der Waals surface area contributed by atoms with Gasteiger partial charge in [0.15, 0.2) is 0 Å². The van der Waals surface area contributed by atoms with Crippen molar-refractivity contribution in [2.75, 3.05) is 50.7 Å². The zero-order valence-electron chi connectivity index (χ0n) is 33.0. The van der Waals surface area contributed by atoms with Gasteiger partial charge in [0.2, 0.25) is 11.8 Å². The van der Waals surface area contributed by atoms with Gasteiger partial charge in [0.25, 0.3) is 5.91 Å². The third kappa shape index (κ3) is 7.91. The van der Waals surface area contributed by atoms with E-state index >= 15 is 0 Å². The zero-order valence-corrected chi connectivity index (χ0v) is 33.0. The molecule has 3 aliphatic rings. The third-order valence-electron chi connectivity index (χ3n) is 11.5. The molecular formula is C45H48N8O6. The Hall–Kier alpha value is -6.80. The number of anilines is 1. The number of carbonyl (C=O) groups is 4. The molecule has 0 radical (unpaired) electrons. The molecule has 14 heteroatoms. The number of nitrogens with one attached hydrogen (secondary N) is 1. The number of para-hydroxylation sites is 1. The Kier molecular flexibility index (Phi) is 11.0. The number of piperazine rings is 2. The standard InChI is InChI=1S/C45H48N8O6/c1-3-20-51-30-41(56)52-39(25-31-12-16-35(54)17-13-31)44(58)50(29-40(52)53(51)45(59)46-26-32-8-5-4-6-9-32)27-33-10-7-11-37-38(28-47(2)42(33)37)43(57)49-23-21-48(22-24-49)34-14-18-36(55)19-15-34/h3-19,28,39-40,54-55H,1,20-27,29-30H2,2H3,(H,46,59)/t39-,40-/m0/s1. The Labute approximate surface area is 342 Å². The van der Waals surface area contributed by atoms with Gasteiger partial charge in [-0.15, -0.1) is 6.58 Å². The van der Waals surface area contributed by atoms with Crippen molar-refractivity contribution in [3.05, 3.63) is 138 Å². The molecule has 3 aliphatic heterocycles. The van der Waals surface area contributed by atoms with Crippen LogP contribution < -0.4 is 10.2 Å². The molecule has 0 spiro atoms. The molecule has 0 bridgehead atoms. The van der Waals surface area contributed by atoms with Crippen LogP contribution >= 0.6 is 0 Å². The number of hydrogen-bond acceptors (Lipinski definition) is 8. The van der Waals surface area contributed by atoms with Gasteiger partial charge in [-0.2, -0.15) is 0 Å². The Morgan fingerprint density at radius 2 is 1.54 bits per heavy atom. The van der Waals surface area contributed by atoms with Gasteiger partial charge in [-0.1, -0.05) is 66.7 Å². The molecule has 3 saturated heterocycles. The molecule has 1 aromatic heterocycles. The number of carbonyl (C=O) groups excluding carboxylic acids is 4. The summed E-state index contributed by atoms with van der Waals surface area (Å²) in [5.41, 5.74) is 4.86. The van der Waals surface area contributed by atoms with Crippen molar-refractivity contribution in [3.8, 4) is 11.5 Å². The number of phenols is 2. The minimum Gasteiger partial charge on any atom is -0.508 e. The second-order valence-electron chi connectivity index (χ2n) is 15.3. The van der Waals surface area contributed by atoms with Crippen LogP contribution in [-0.2, 0) is 36.1 Å². The number of nitrogens with zero attached hydrogens (tertiary/aromatic N) is 7. The van der Waals surface area contributed by atoms with Crippen LogP contribution in [0, 0.1) is 0 Å². The summed E-state index contributed by atoms with van der Waals surface area (Å²) in [5, 5.41) is 26.7. The second-order valence-corrected chi connectivity index (χ2v) is 15.3. The quantitative estimate of drug-likeness (QED) is 0.178. The third-order valence-corrected chi connectivity index (χ3v) is 11.5. The van der Waals surface area contributed by atoms with Crippen molar-refractivity contribution in [1.29, 1.82) is 0 Å². The molecule has 304 valence electrons. The van der Waals surface area contributed by atoms with Gasteiger partial charge in [-0.05, 0) is 53.1 Å². The second kappa shape index (κ2) is 16.6. The van der Waals surface area contributed by atoms with Crippen LogP contribution in [0.3, 0.4) is 0 Å². The average Bonchev–Trinajstić information content (AvgIpc) is 3.59. The minimum absolute atomic E-state index is 0.0426. The van der Waals surface area contributed by atoms with Gasteiger partial charge >= 0.3 is 6.03 Å². The summed E-state index contributed by atoms with van der Waals surface area (Å²) in [5.74, 6) is -0.321. The highest BCUT2D eigenvalue weighted by Gasteiger charge is 2.51. The SMILES string of the molecule is C=CCN1CC(=O)N2[C@@H](Cc3ccc(O)cc3)C(=O)N(Cc3cccc4c(C(=O)N5CCN(c6ccc(O)cc6)CC5)cn(C)c34)C[C@@H]2N1C(=O)NCc1ccccc1. The molecule has 14 nitrogen and oxygen atoms in total. The van der Waals surface area contributed by atoms with Crippen molar-refractivity contribution in [3.63, 3.8) is 0 Å². The van der Waals surface area contributed by atoms with Gasteiger partial charge < -0.3 is 39.7 Å². The van der Waals surface area contributed by atoms with Crippen molar-refractivity contribution in [2.24, 2.45) is 7.05 Å². The molecule has 0 saturated carbocycles. The molecular weight excluding hydrogens is 749 g/mol. The van der Waals surface area contributed by atoms with Crippen LogP contribution in [0.25, 0.3) is 10.9 Å². The number of fused-ring (bicyclic) bond motifs is 2. The fraction of sp³-hybridized carbons (Fsp3) is 0.289. The molecule has 5 amide bonds. The van der Waals surface area contributed by atoms with E-state index in [1.807, 2.05) is 83.4 Å². The fourth-order valence-corrected chi connectivity index (χ4v) is 8.61. The van der Waals surface area contributed by atoms with E-state index in [1.165, 1.54) is 0 Å². The van der Waals surface area contributed by atoms with Crippen LogP contribution in [0.5, 0.6) is 11.5 Å². The van der Waals surface area contributed by atoms with Gasteiger partial charge in [0, 0.05) is 76.6 Å². The summed E-state index contributed by atoms with van der Waals surface area (Å²) >= 11 is 0. The molecule has 3 N–H and O–H groups in total. The van der Waals surface area contributed by atoms with E-state index < -0.39 is 18.2 Å². The number of benzene rings is 4. The van der Waals surface area contributed by atoms with Gasteiger partial charge in [0.05, 0.1) is 24.2 Å². The molecule has 3 fully saturated rings. The molecule has 0 unspecified atom stereocenters. The number of urea groups is 1. The Bertz CT molecular complexity index is 2360. The predicted molar refractivity (Wildman–Crippen MR) is 223 cm³/mol. The Morgan fingerprint density at radius 1 is 0.847 bits per heavy atom. The molecule has 4 aromatic carbocycles. The first-order valence-electron chi connectivity index (χ1n) is 19.8. The number of rotatable bonds is 10. The highest BCUT2D eigenvalue weighted by molar-refractivity contribution is 6.08. The minimum atomic E-state index is -0.939. The summed E-state index contributed by atoms with van der Waals surface area (Å²) in [6.45, 7) is 6.85. The van der Waals surface area contributed by atoms with Gasteiger partial charge in [0.1, 0.15) is 23.7 Å².